The molecular weight excluding hydrogens is 424 g/mol. The van der Waals surface area contributed by atoms with Crippen LogP contribution in [0.25, 0.3) is 39.1 Å². The number of aryl methyl sites for hydroxylation is 1. The summed E-state index contributed by atoms with van der Waals surface area (Å²) in [6.45, 7) is 3.76. The third kappa shape index (κ3) is 3.16. The molecule has 7 heteroatoms. The molecule has 0 saturated heterocycles. The van der Waals surface area contributed by atoms with E-state index in [4.69, 9.17) is 16.5 Å². The number of nitrogen functional groups attached to an aromatic ring is 1. The molecule has 3 aromatic heterocycles. The molecule has 0 bridgehead atoms. The van der Waals surface area contributed by atoms with Crippen molar-refractivity contribution in [2.24, 2.45) is 5.73 Å². The van der Waals surface area contributed by atoms with Crippen LogP contribution in [0.2, 0.25) is 0 Å². The van der Waals surface area contributed by atoms with Gasteiger partial charge in [0, 0.05) is 28.9 Å². The lowest BCUT2D eigenvalue weighted by Crippen LogP contribution is -2.58. The van der Waals surface area contributed by atoms with Crippen molar-refractivity contribution in [3.63, 3.8) is 0 Å². The molecule has 0 unspecified atom stereocenters. The van der Waals surface area contributed by atoms with Crippen molar-refractivity contribution in [3.8, 4) is 22.4 Å². The monoisotopic (exact) mass is 450 g/mol. The fraction of sp³-hybridized carbons (Fsp3) is 0.222. The van der Waals surface area contributed by atoms with Gasteiger partial charge in [-0.2, -0.15) is 9.61 Å². The molecule has 1 saturated carbocycles. The number of benzene rings is 2. The quantitative estimate of drug-likeness (QED) is 0.379. The second kappa shape index (κ2) is 7.09. The molecule has 7 nitrogen and oxygen atoms in total. The maximum Gasteiger partial charge on any atom is 0.167 e. The van der Waals surface area contributed by atoms with Gasteiger partial charge in [-0.05, 0) is 37.8 Å². The van der Waals surface area contributed by atoms with Gasteiger partial charge in [0.2, 0.25) is 0 Å². The van der Waals surface area contributed by atoms with Gasteiger partial charge in [-0.15, -0.1) is 0 Å². The van der Waals surface area contributed by atoms with Crippen LogP contribution in [0.1, 0.15) is 31.0 Å². The molecule has 0 radical (unpaired) electrons. The highest BCUT2D eigenvalue weighted by molar-refractivity contribution is 6.02. The zero-order chi connectivity index (χ0) is 23.7. The van der Waals surface area contributed by atoms with E-state index < -0.39 is 11.1 Å². The summed E-state index contributed by atoms with van der Waals surface area (Å²) in [6.07, 6.45) is 2.85. The van der Waals surface area contributed by atoms with Crippen LogP contribution in [-0.2, 0) is 5.54 Å². The molecule has 0 atom stereocenters. The third-order valence-electron chi connectivity index (χ3n) is 6.78. The van der Waals surface area contributed by atoms with Crippen LogP contribution in [0.5, 0.6) is 0 Å². The van der Waals surface area contributed by atoms with E-state index >= 15 is 0 Å². The molecule has 0 spiro atoms. The number of nitrogens with zero attached hydrogens (tertiary/aromatic N) is 4. The Hall–Kier alpha value is -3.81. The highest BCUT2D eigenvalue weighted by Gasteiger charge is 2.49. The van der Waals surface area contributed by atoms with Gasteiger partial charge in [-0.1, -0.05) is 54.6 Å². The summed E-state index contributed by atoms with van der Waals surface area (Å²) >= 11 is 0. The molecule has 2 aromatic carbocycles. The minimum absolute atomic E-state index is 0.509. The lowest BCUT2D eigenvalue weighted by atomic mass is 9.63. The highest BCUT2D eigenvalue weighted by Crippen LogP contribution is 2.47. The number of nitrogens with two attached hydrogens (primary N) is 2. The first-order chi connectivity index (χ1) is 16.2. The molecule has 1 aliphatic rings. The van der Waals surface area contributed by atoms with E-state index in [9.17, 15) is 5.11 Å². The van der Waals surface area contributed by atoms with Crippen LogP contribution in [0.15, 0.2) is 66.9 Å². The highest BCUT2D eigenvalue weighted by atomic mass is 16.3. The van der Waals surface area contributed by atoms with E-state index in [0.29, 0.717) is 24.2 Å². The number of anilines is 1. The van der Waals surface area contributed by atoms with Gasteiger partial charge in [-0.25, -0.2) is 9.97 Å². The van der Waals surface area contributed by atoms with Crippen LogP contribution in [-0.4, -0.2) is 30.3 Å². The molecule has 3 heterocycles. The summed E-state index contributed by atoms with van der Waals surface area (Å²) in [4.78, 5) is 9.62. The van der Waals surface area contributed by atoms with Crippen molar-refractivity contribution in [2.75, 3.05) is 5.73 Å². The van der Waals surface area contributed by atoms with Gasteiger partial charge in [0.1, 0.15) is 0 Å². The van der Waals surface area contributed by atoms with E-state index in [2.05, 4.69) is 10.1 Å². The maximum absolute atomic E-state index is 10.2. The fourth-order valence-corrected chi connectivity index (χ4v) is 5.34. The molecule has 0 amide bonds. The SMILES string of the molecule is Cc1cc2ncc3c(N)c(-c4ccccc4)c(-c4ccc([C@]5(N)C[C@](C)(O)C5)cc4)nc3n2n1. The fourth-order valence-electron chi connectivity index (χ4n) is 5.34. The van der Waals surface area contributed by atoms with Crippen LogP contribution in [0, 0.1) is 6.92 Å². The molecule has 0 aliphatic heterocycles. The van der Waals surface area contributed by atoms with Gasteiger partial charge in [0.05, 0.1) is 28.1 Å². The Bertz CT molecular complexity index is 1550. The molecule has 6 rings (SSSR count). The topological polar surface area (TPSA) is 115 Å². The second-order valence-electron chi connectivity index (χ2n) is 9.75. The average molecular weight is 451 g/mol. The summed E-state index contributed by atoms with van der Waals surface area (Å²) in [5, 5.41) is 15.6. The molecule has 5 aromatic rings. The first-order valence-electron chi connectivity index (χ1n) is 11.4. The number of fused-ring (bicyclic) bond motifs is 3. The van der Waals surface area contributed by atoms with Crippen molar-refractivity contribution in [3.05, 3.63) is 78.1 Å². The summed E-state index contributed by atoms with van der Waals surface area (Å²) in [5.41, 5.74) is 19.5. The number of rotatable bonds is 3. The van der Waals surface area contributed by atoms with Crippen molar-refractivity contribution < 1.29 is 5.11 Å². The first-order valence-corrected chi connectivity index (χ1v) is 11.4. The molecule has 170 valence electrons. The lowest BCUT2D eigenvalue weighted by Gasteiger charge is -2.49. The Morgan fingerprint density at radius 2 is 1.71 bits per heavy atom. The molecular formula is C27H26N6O. The third-order valence-corrected chi connectivity index (χ3v) is 6.78. The summed E-state index contributed by atoms with van der Waals surface area (Å²) in [5.74, 6) is 0. The van der Waals surface area contributed by atoms with Gasteiger partial charge in [0.25, 0.3) is 0 Å². The van der Waals surface area contributed by atoms with Crippen molar-refractivity contribution >= 4 is 22.4 Å². The number of aliphatic hydroxyl groups is 1. The Morgan fingerprint density at radius 1 is 1.00 bits per heavy atom. The average Bonchev–Trinajstić information content (AvgIpc) is 3.19. The van der Waals surface area contributed by atoms with Crippen LogP contribution < -0.4 is 11.5 Å². The van der Waals surface area contributed by atoms with E-state index in [1.807, 2.05) is 74.5 Å². The Kier molecular flexibility index (Phi) is 4.33. The molecule has 34 heavy (non-hydrogen) atoms. The van der Waals surface area contributed by atoms with Crippen molar-refractivity contribution in [1.29, 1.82) is 0 Å². The standard InChI is InChI=1S/C27H26N6O/c1-16-12-21-30-13-20-23(28)22(17-6-4-3-5-7-17)24(31-25(20)33(21)32-16)18-8-10-19(11-9-18)27(29)14-26(2,34)15-27/h3-13,34H,14-15,29H2,1-2H3,(H2,28,31)/t26-,27-. The number of hydrogen-bond donors (Lipinski definition) is 3. The van der Waals surface area contributed by atoms with Crippen molar-refractivity contribution in [2.45, 2.75) is 37.8 Å². The van der Waals surface area contributed by atoms with Crippen LogP contribution in [0.3, 0.4) is 0 Å². The Balaban J connectivity index is 1.57. The maximum atomic E-state index is 10.2. The predicted octanol–water partition coefficient (Wildman–Crippen LogP) is 4.20. The zero-order valence-electron chi connectivity index (χ0n) is 19.2. The Morgan fingerprint density at radius 3 is 2.38 bits per heavy atom. The normalized spacial score (nSPS) is 22.2. The smallest absolute Gasteiger partial charge is 0.167 e. The minimum Gasteiger partial charge on any atom is -0.398 e. The molecule has 1 fully saturated rings. The minimum atomic E-state index is -0.705. The zero-order valence-corrected chi connectivity index (χ0v) is 19.2. The van der Waals surface area contributed by atoms with Gasteiger partial charge in [-0.3, -0.25) is 0 Å². The van der Waals surface area contributed by atoms with Crippen molar-refractivity contribution in [1.82, 2.24) is 19.6 Å². The largest absolute Gasteiger partial charge is 0.398 e. The predicted molar refractivity (Wildman–Crippen MR) is 134 cm³/mol. The summed E-state index contributed by atoms with van der Waals surface area (Å²) < 4.78 is 1.75. The van der Waals surface area contributed by atoms with E-state index in [1.54, 1.807) is 10.7 Å². The summed E-state index contributed by atoms with van der Waals surface area (Å²) in [7, 11) is 0. The van der Waals surface area contributed by atoms with E-state index in [0.717, 1.165) is 44.7 Å². The van der Waals surface area contributed by atoms with Gasteiger partial charge in [0.15, 0.2) is 11.3 Å². The molecule has 5 N–H and O–H groups in total. The molecule has 1 aliphatic carbocycles. The van der Waals surface area contributed by atoms with Crippen LogP contribution >= 0.6 is 0 Å². The first kappa shape index (κ1) is 20.8. The van der Waals surface area contributed by atoms with Gasteiger partial charge >= 0.3 is 0 Å². The number of aromatic nitrogens is 4. The van der Waals surface area contributed by atoms with E-state index in [1.165, 1.54) is 0 Å². The number of pyridine rings is 1. The number of hydrogen-bond acceptors (Lipinski definition) is 6. The lowest BCUT2D eigenvalue weighted by molar-refractivity contribution is -0.0738. The van der Waals surface area contributed by atoms with Crippen LogP contribution in [0.4, 0.5) is 5.69 Å². The summed E-state index contributed by atoms with van der Waals surface area (Å²) in [6, 6.07) is 20.1. The Labute approximate surface area is 197 Å². The second-order valence-corrected chi connectivity index (χ2v) is 9.75. The van der Waals surface area contributed by atoms with E-state index in [-0.39, 0.29) is 0 Å². The van der Waals surface area contributed by atoms with Gasteiger partial charge < -0.3 is 16.6 Å².